The highest BCUT2D eigenvalue weighted by Crippen LogP contribution is 2.42. The highest BCUT2D eigenvalue weighted by Gasteiger charge is 2.36. The van der Waals surface area contributed by atoms with E-state index in [0.29, 0.717) is 17.1 Å². The van der Waals surface area contributed by atoms with E-state index in [4.69, 9.17) is 14.2 Å². The van der Waals surface area contributed by atoms with E-state index in [2.05, 4.69) is 24.4 Å². The van der Waals surface area contributed by atoms with Crippen LogP contribution in [0.3, 0.4) is 0 Å². The second-order valence-corrected chi connectivity index (χ2v) is 5.97. The lowest BCUT2D eigenvalue weighted by atomic mass is 10.0. The molecule has 2 aromatic rings. The van der Waals surface area contributed by atoms with Gasteiger partial charge in [0.1, 0.15) is 5.56 Å². The number of rotatable bonds is 4. The topological polar surface area (TPSA) is 56.8 Å². The summed E-state index contributed by atoms with van der Waals surface area (Å²) in [7, 11) is 3.06. The van der Waals surface area contributed by atoms with E-state index in [1.54, 1.807) is 13.2 Å². The lowest BCUT2D eigenvalue weighted by molar-refractivity contribution is 0.0435. The van der Waals surface area contributed by atoms with Gasteiger partial charge in [0, 0.05) is 11.3 Å². The van der Waals surface area contributed by atoms with Crippen LogP contribution in [0.5, 0.6) is 11.5 Å². The van der Waals surface area contributed by atoms with E-state index in [-0.39, 0.29) is 0 Å². The molecule has 126 valence electrons. The van der Waals surface area contributed by atoms with Crippen LogP contribution in [0.15, 0.2) is 24.3 Å². The Kier molecular flexibility index (Phi) is 4.09. The van der Waals surface area contributed by atoms with Crippen LogP contribution in [0, 0.1) is 20.8 Å². The molecule has 0 bridgehead atoms. The van der Waals surface area contributed by atoms with Crippen molar-refractivity contribution in [3.05, 3.63) is 52.1 Å². The number of cyclic esters (lactones) is 1. The van der Waals surface area contributed by atoms with E-state index in [1.807, 2.05) is 19.9 Å². The van der Waals surface area contributed by atoms with Crippen LogP contribution in [0.1, 0.15) is 38.8 Å². The van der Waals surface area contributed by atoms with Gasteiger partial charge in [0.05, 0.1) is 14.2 Å². The van der Waals surface area contributed by atoms with Gasteiger partial charge in [0.15, 0.2) is 11.5 Å². The molecule has 5 heteroatoms. The molecule has 1 N–H and O–H groups in total. The average molecular weight is 327 g/mol. The molecule has 0 unspecified atom stereocenters. The standard InChI is InChI=1S/C19H21NO4/c1-10-8-11(2)16(12(3)9-10)20-18-13-6-7-14(22-4)17(23-5)15(13)19(21)24-18/h6-9,18,20H,1-5H3/t18-/m0/s1. The van der Waals surface area contributed by atoms with Gasteiger partial charge in [-0.25, -0.2) is 4.79 Å². The normalized spacial score (nSPS) is 15.7. The van der Waals surface area contributed by atoms with Crippen molar-refractivity contribution in [2.45, 2.75) is 27.0 Å². The molecule has 0 saturated heterocycles. The van der Waals surface area contributed by atoms with E-state index in [9.17, 15) is 4.79 Å². The van der Waals surface area contributed by atoms with Crippen LogP contribution in [0.25, 0.3) is 0 Å². The summed E-state index contributed by atoms with van der Waals surface area (Å²) in [6.07, 6.45) is -0.549. The summed E-state index contributed by atoms with van der Waals surface area (Å²) in [5.74, 6) is 0.499. The first kappa shape index (κ1) is 16.2. The minimum absolute atomic E-state index is 0.404. The molecule has 0 saturated carbocycles. The predicted octanol–water partition coefficient (Wildman–Crippen LogP) is 3.91. The largest absolute Gasteiger partial charge is 0.493 e. The molecular weight excluding hydrogens is 306 g/mol. The van der Waals surface area contributed by atoms with Crippen LogP contribution >= 0.6 is 0 Å². The Morgan fingerprint density at radius 2 is 1.71 bits per heavy atom. The number of carbonyl (C=O) groups excluding carboxylic acids is 1. The minimum atomic E-state index is -0.549. The van der Waals surface area contributed by atoms with Crippen molar-refractivity contribution in [3.63, 3.8) is 0 Å². The zero-order chi connectivity index (χ0) is 17.4. The summed E-state index contributed by atoms with van der Waals surface area (Å²) in [4.78, 5) is 12.3. The first-order chi connectivity index (χ1) is 11.5. The summed E-state index contributed by atoms with van der Waals surface area (Å²) in [6, 6.07) is 7.81. The van der Waals surface area contributed by atoms with Crippen molar-refractivity contribution < 1.29 is 19.0 Å². The fourth-order valence-electron chi connectivity index (χ4n) is 3.25. The van der Waals surface area contributed by atoms with Crippen LogP contribution in [-0.2, 0) is 4.74 Å². The Balaban J connectivity index is 2.02. The van der Waals surface area contributed by atoms with Gasteiger partial charge in [-0.1, -0.05) is 17.7 Å². The molecule has 24 heavy (non-hydrogen) atoms. The van der Waals surface area contributed by atoms with Crippen LogP contribution < -0.4 is 14.8 Å². The Morgan fingerprint density at radius 3 is 2.29 bits per heavy atom. The number of methoxy groups -OCH3 is 2. The van der Waals surface area contributed by atoms with Crippen LogP contribution in [0.2, 0.25) is 0 Å². The number of carbonyl (C=O) groups is 1. The van der Waals surface area contributed by atoms with Gasteiger partial charge in [-0.3, -0.25) is 0 Å². The van der Waals surface area contributed by atoms with Crippen LogP contribution in [0.4, 0.5) is 5.69 Å². The molecule has 0 radical (unpaired) electrons. The highest BCUT2D eigenvalue weighted by molar-refractivity contribution is 5.98. The van der Waals surface area contributed by atoms with Gasteiger partial charge in [0.2, 0.25) is 6.23 Å². The molecule has 2 aromatic carbocycles. The molecule has 1 aliphatic rings. The first-order valence-electron chi connectivity index (χ1n) is 7.76. The third-order valence-corrected chi connectivity index (χ3v) is 4.24. The number of nitrogens with one attached hydrogen (secondary N) is 1. The Hall–Kier alpha value is -2.69. The van der Waals surface area contributed by atoms with Crippen LogP contribution in [-0.4, -0.2) is 20.2 Å². The molecule has 5 nitrogen and oxygen atoms in total. The smallest absolute Gasteiger partial charge is 0.344 e. The van der Waals surface area contributed by atoms with E-state index in [0.717, 1.165) is 22.4 Å². The monoisotopic (exact) mass is 327 g/mol. The van der Waals surface area contributed by atoms with Gasteiger partial charge < -0.3 is 19.5 Å². The third kappa shape index (κ3) is 2.56. The molecule has 0 fully saturated rings. The molecule has 0 amide bonds. The van der Waals surface area contributed by atoms with Crippen molar-refractivity contribution >= 4 is 11.7 Å². The lowest BCUT2D eigenvalue weighted by Crippen LogP contribution is -2.12. The zero-order valence-corrected chi connectivity index (χ0v) is 14.5. The second-order valence-electron chi connectivity index (χ2n) is 5.97. The van der Waals surface area contributed by atoms with E-state index in [1.165, 1.54) is 12.7 Å². The summed E-state index contributed by atoms with van der Waals surface area (Å²) in [6.45, 7) is 6.13. The molecule has 0 aliphatic carbocycles. The number of hydrogen-bond acceptors (Lipinski definition) is 5. The van der Waals surface area contributed by atoms with Crippen molar-refractivity contribution in [3.8, 4) is 11.5 Å². The quantitative estimate of drug-likeness (QED) is 0.863. The van der Waals surface area contributed by atoms with Crippen molar-refractivity contribution in [2.24, 2.45) is 0 Å². The summed E-state index contributed by atoms with van der Waals surface area (Å²) < 4.78 is 16.2. The molecule has 3 rings (SSSR count). The third-order valence-electron chi connectivity index (χ3n) is 4.24. The fraction of sp³-hybridized carbons (Fsp3) is 0.316. The number of ether oxygens (including phenoxy) is 3. The molecule has 1 aliphatic heterocycles. The number of anilines is 1. The number of hydrogen-bond donors (Lipinski definition) is 1. The van der Waals surface area contributed by atoms with Gasteiger partial charge in [-0.15, -0.1) is 0 Å². The molecule has 0 spiro atoms. The van der Waals surface area contributed by atoms with Crippen molar-refractivity contribution in [1.29, 1.82) is 0 Å². The van der Waals surface area contributed by atoms with Gasteiger partial charge in [0.25, 0.3) is 0 Å². The number of fused-ring (bicyclic) bond motifs is 1. The molecule has 0 aromatic heterocycles. The van der Waals surface area contributed by atoms with Gasteiger partial charge in [-0.2, -0.15) is 0 Å². The maximum absolute atomic E-state index is 12.3. The summed E-state index contributed by atoms with van der Waals surface area (Å²) >= 11 is 0. The van der Waals surface area contributed by atoms with Crippen molar-refractivity contribution in [1.82, 2.24) is 0 Å². The zero-order valence-electron chi connectivity index (χ0n) is 14.5. The summed E-state index contributed by atoms with van der Waals surface area (Å²) in [5, 5.41) is 3.34. The predicted molar refractivity (Wildman–Crippen MR) is 92.0 cm³/mol. The van der Waals surface area contributed by atoms with E-state index >= 15 is 0 Å². The molecular formula is C19H21NO4. The minimum Gasteiger partial charge on any atom is -0.493 e. The Morgan fingerprint density at radius 1 is 1.04 bits per heavy atom. The number of benzene rings is 2. The molecule has 1 heterocycles. The summed E-state index contributed by atoms with van der Waals surface area (Å²) in [5.41, 5.74) is 5.55. The Bertz CT molecular complexity index is 790. The van der Waals surface area contributed by atoms with Gasteiger partial charge in [-0.05, 0) is 44.0 Å². The fourth-order valence-corrected chi connectivity index (χ4v) is 3.25. The Labute approximate surface area is 141 Å². The number of aryl methyl sites for hydroxylation is 3. The SMILES string of the molecule is COc1ccc2c(c1OC)C(=O)O[C@@H]2Nc1c(C)cc(C)cc1C. The highest BCUT2D eigenvalue weighted by atomic mass is 16.6. The van der Waals surface area contributed by atoms with Crippen molar-refractivity contribution in [2.75, 3.05) is 19.5 Å². The first-order valence-corrected chi connectivity index (χ1v) is 7.76. The molecule has 1 atom stereocenters. The van der Waals surface area contributed by atoms with Gasteiger partial charge >= 0.3 is 5.97 Å². The maximum Gasteiger partial charge on any atom is 0.344 e. The lowest BCUT2D eigenvalue weighted by Gasteiger charge is -2.19. The maximum atomic E-state index is 12.3. The second kappa shape index (κ2) is 6.07. The van der Waals surface area contributed by atoms with E-state index < -0.39 is 12.2 Å². The average Bonchev–Trinajstić information content (AvgIpc) is 2.86. The number of esters is 1.